The van der Waals surface area contributed by atoms with Gasteiger partial charge in [0.2, 0.25) is 0 Å². The minimum atomic E-state index is 0.185. The van der Waals surface area contributed by atoms with Gasteiger partial charge in [-0.1, -0.05) is 119 Å². The van der Waals surface area contributed by atoms with E-state index in [9.17, 15) is 0 Å². The maximum atomic E-state index is 6.96. The number of hydrogen-bond acceptors (Lipinski definition) is 0. The van der Waals surface area contributed by atoms with E-state index in [2.05, 4.69) is 42.5 Å². The fourth-order valence-electron chi connectivity index (χ4n) is 7.17. The van der Waals surface area contributed by atoms with E-state index in [1.165, 1.54) is 0 Å². The SMILES string of the molecule is [B]c1c([B])c([B])c2c(-c3cccc4ccccc34)c3c([B])c([B])c([B])c([B])c3c(-c3cccc(-c4ccc5ccccc5c4)c3)c2c1[B]. The molecule has 48 heavy (non-hydrogen) atoms. The van der Waals surface area contributed by atoms with Gasteiger partial charge in [0.05, 0.1) is 0 Å². The van der Waals surface area contributed by atoms with E-state index >= 15 is 0 Å². The Labute approximate surface area is 291 Å². The average molecular weight is 585 g/mol. The van der Waals surface area contributed by atoms with Crippen molar-refractivity contribution in [2.45, 2.75) is 0 Å². The quantitative estimate of drug-likeness (QED) is 0.219. The molecule has 8 rings (SSSR count). The van der Waals surface area contributed by atoms with Gasteiger partial charge in [-0.05, 0) is 88.6 Å². The smallest absolute Gasteiger partial charge is 0.110 e. The molecule has 8 aromatic carbocycles. The first-order valence-electron chi connectivity index (χ1n) is 15.5. The summed E-state index contributed by atoms with van der Waals surface area (Å²) in [6.45, 7) is 0. The van der Waals surface area contributed by atoms with Gasteiger partial charge >= 0.3 is 0 Å². The Kier molecular flexibility index (Phi) is 7.33. The van der Waals surface area contributed by atoms with Gasteiger partial charge in [0, 0.05) is 0 Å². The molecule has 0 nitrogen and oxygen atoms in total. The summed E-state index contributed by atoms with van der Waals surface area (Å²) < 4.78 is 0. The van der Waals surface area contributed by atoms with Crippen LogP contribution in [-0.4, -0.2) is 62.8 Å². The summed E-state index contributed by atoms with van der Waals surface area (Å²) in [5.41, 5.74) is 6.93. The summed E-state index contributed by atoms with van der Waals surface area (Å²) in [7, 11) is 54.1. The minimum absolute atomic E-state index is 0.185. The van der Waals surface area contributed by atoms with Crippen molar-refractivity contribution in [3.05, 3.63) is 109 Å². The van der Waals surface area contributed by atoms with Crippen molar-refractivity contribution in [2.24, 2.45) is 0 Å². The van der Waals surface area contributed by atoms with E-state index in [0.717, 1.165) is 43.8 Å². The average Bonchev–Trinajstić information content (AvgIpc) is 3.13. The second-order valence-electron chi connectivity index (χ2n) is 12.2. The Morgan fingerprint density at radius 2 is 0.750 bits per heavy atom. The van der Waals surface area contributed by atoms with Crippen molar-refractivity contribution in [1.29, 1.82) is 0 Å². The highest BCUT2D eigenvalue weighted by Crippen LogP contribution is 2.43. The number of hydrogen-bond donors (Lipinski definition) is 0. The van der Waals surface area contributed by atoms with E-state index in [1.54, 1.807) is 0 Å². The lowest BCUT2D eigenvalue weighted by atomic mass is 9.59. The molecule has 0 N–H and O–H groups in total. The molecule has 16 radical (unpaired) electrons. The van der Waals surface area contributed by atoms with Gasteiger partial charge in [0.25, 0.3) is 0 Å². The maximum absolute atomic E-state index is 6.96. The predicted molar refractivity (Wildman–Crippen MR) is 216 cm³/mol. The van der Waals surface area contributed by atoms with E-state index in [-0.39, 0.29) is 43.7 Å². The molecule has 0 unspecified atom stereocenters. The highest BCUT2D eigenvalue weighted by molar-refractivity contribution is 6.71. The summed E-state index contributed by atoms with van der Waals surface area (Å²) in [6.07, 6.45) is 0. The first-order chi connectivity index (χ1) is 23.2. The lowest BCUT2D eigenvalue weighted by molar-refractivity contribution is 1.64. The van der Waals surface area contributed by atoms with Crippen molar-refractivity contribution in [2.75, 3.05) is 0 Å². The molecule has 0 heterocycles. The minimum Gasteiger partial charge on any atom is -0.110 e. The van der Waals surface area contributed by atoms with E-state index in [1.807, 2.05) is 66.7 Å². The van der Waals surface area contributed by atoms with Gasteiger partial charge in [-0.15, -0.1) is 21.9 Å². The molecular weight excluding hydrogens is 567 g/mol. The fraction of sp³-hybridized carbons (Fsp3) is 0. The molecule has 0 aliphatic carbocycles. The van der Waals surface area contributed by atoms with Gasteiger partial charge in [-0.2, -0.15) is 0 Å². The molecule has 0 amide bonds. The molecule has 0 saturated heterocycles. The summed E-state index contributed by atoms with van der Waals surface area (Å²) in [5.74, 6) is 0. The molecule has 202 valence electrons. The predicted octanol–water partition coefficient (Wildman–Crippen LogP) is 1.65. The topological polar surface area (TPSA) is 0 Å². The fourth-order valence-corrected chi connectivity index (χ4v) is 7.17. The molecule has 0 spiro atoms. The Morgan fingerprint density at radius 3 is 1.38 bits per heavy atom. The molecule has 8 aromatic rings. The summed E-state index contributed by atoms with van der Waals surface area (Å²) in [5, 5.41) is 6.68. The first kappa shape index (κ1) is 30.6. The van der Waals surface area contributed by atoms with E-state index in [0.29, 0.717) is 32.7 Å². The lowest BCUT2D eigenvalue weighted by Gasteiger charge is -2.29. The van der Waals surface area contributed by atoms with Crippen LogP contribution in [0.2, 0.25) is 0 Å². The second kappa shape index (κ2) is 11.5. The van der Waals surface area contributed by atoms with Crippen LogP contribution < -0.4 is 43.7 Å². The molecular formula is C40H18B8. The molecule has 0 aliphatic heterocycles. The standard InChI is InChI=1S/C40H18B8/c41-33-29-27(24-12-5-11-22(18-24)23-16-15-19-7-1-2-9-21(19)17-23)30-32(36(44)40(48)38(46)34(30)42)28(31(29)35(43)39(47)37(33)45)26-14-6-10-20-8-3-4-13-25(20)26/h1-18H. The third-order valence-electron chi connectivity index (χ3n) is 9.61. The van der Waals surface area contributed by atoms with Gasteiger partial charge < -0.3 is 0 Å². The van der Waals surface area contributed by atoms with Crippen LogP contribution in [0.4, 0.5) is 0 Å². The van der Waals surface area contributed by atoms with Crippen molar-refractivity contribution in [3.63, 3.8) is 0 Å². The third kappa shape index (κ3) is 4.49. The van der Waals surface area contributed by atoms with Crippen molar-refractivity contribution < 1.29 is 0 Å². The molecule has 0 fully saturated rings. The van der Waals surface area contributed by atoms with Crippen LogP contribution in [0.1, 0.15) is 0 Å². The van der Waals surface area contributed by atoms with Crippen LogP contribution in [0, 0.1) is 0 Å². The van der Waals surface area contributed by atoms with Gasteiger partial charge in [0.1, 0.15) is 62.8 Å². The van der Waals surface area contributed by atoms with Gasteiger partial charge in [-0.3, -0.25) is 0 Å². The highest BCUT2D eigenvalue weighted by atomic mass is 14.3. The van der Waals surface area contributed by atoms with E-state index in [4.69, 9.17) is 62.8 Å². The zero-order valence-corrected chi connectivity index (χ0v) is 26.0. The van der Waals surface area contributed by atoms with Gasteiger partial charge in [0.15, 0.2) is 0 Å². The maximum Gasteiger partial charge on any atom is 0.113 e. The molecule has 0 aliphatic rings. The van der Waals surface area contributed by atoms with E-state index < -0.39 is 0 Å². The summed E-state index contributed by atoms with van der Waals surface area (Å²) >= 11 is 0. The Balaban J connectivity index is 1.60. The number of benzene rings is 8. The Bertz CT molecular complexity index is 2570. The van der Waals surface area contributed by atoms with Crippen LogP contribution in [0.5, 0.6) is 0 Å². The lowest BCUT2D eigenvalue weighted by Crippen LogP contribution is -2.50. The molecule has 0 bridgehead atoms. The summed E-state index contributed by atoms with van der Waals surface area (Å²) in [4.78, 5) is 0. The van der Waals surface area contributed by atoms with Crippen LogP contribution in [-0.2, 0) is 0 Å². The van der Waals surface area contributed by atoms with Gasteiger partial charge in [-0.25, -0.2) is 0 Å². The Morgan fingerprint density at radius 1 is 0.292 bits per heavy atom. The van der Waals surface area contributed by atoms with Crippen molar-refractivity contribution in [3.8, 4) is 33.4 Å². The molecule has 0 aromatic heterocycles. The zero-order valence-electron chi connectivity index (χ0n) is 26.0. The second-order valence-corrected chi connectivity index (χ2v) is 12.2. The first-order valence-corrected chi connectivity index (χ1v) is 15.5. The van der Waals surface area contributed by atoms with Crippen molar-refractivity contribution in [1.82, 2.24) is 0 Å². The monoisotopic (exact) mass is 586 g/mol. The normalized spacial score (nSPS) is 11.6. The third-order valence-corrected chi connectivity index (χ3v) is 9.61. The van der Waals surface area contributed by atoms with Crippen LogP contribution >= 0.6 is 0 Å². The summed E-state index contributed by atoms with van der Waals surface area (Å²) in [6, 6.07) is 36.9. The van der Waals surface area contributed by atoms with Crippen LogP contribution in [0.3, 0.4) is 0 Å². The van der Waals surface area contributed by atoms with Crippen molar-refractivity contribution >= 4 is 150 Å². The zero-order chi connectivity index (χ0) is 33.4. The molecule has 0 saturated carbocycles. The largest absolute Gasteiger partial charge is 0.113 e. The number of rotatable bonds is 3. The number of fused-ring (bicyclic) bond motifs is 4. The highest BCUT2D eigenvalue weighted by Gasteiger charge is 2.25. The molecule has 8 heteroatoms. The molecule has 0 atom stereocenters. The van der Waals surface area contributed by atoms with Crippen LogP contribution in [0.15, 0.2) is 109 Å². The van der Waals surface area contributed by atoms with Crippen LogP contribution in [0.25, 0.3) is 76.5 Å². The Hall–Kier alpha value is -4.68.